The van der Waals surface area contributed by atoms with Crippen molar-refractivity contribution in [1.82, 2.24) is 10.3 Å². The Kier molecular flexibility index (Phi) is 4.81. The van der Waals surface area contributed by atoms with E-state index >= 15 is 0 Å². The van der Waals surface area contributed by atoms with E-state index in [1.165, 1.54) is 5.69 Å². The lowest BCUT2D eigenvalue weighted by Crippen LogP contribution is -2.43. The first-order chi connectivity index (χ1) is 8.83. The second-order valence-corrected chi connectivity index (χ2v) is 4.67. The number of ether oxygens (including phenoxy) is 1. The van der Waals surface area contributed by atoms with Gasteiger partial charge in [-0.25, -0.2) is 0 Å². The van der Waals surface area contributed by atoms with Gasteiger partial charge in [0.25, 0.3) is 0 Å². The molecule has 1 aromatic heterocycles. The molecule has 18 heavy (non-hydrogen) atoms. The van der Waals surface area contributed by atoms with Crippen LogP contribution in [-0.4, -0.2) is 37.3 Å². The van der Waals surface area contributed by atoms with Crippen LogP contribution in [0.15, 0.2) is 18.5 Å². The fraction of sp³-hybridized carbons (Fsp3) is 0.643. The number of nitrogens with zero attached hydrogens (tertiary/aromatic N) is 2. The van der Waals surface area contributed by atoms with E-state index in [1.54, 1.807) is 0 Å². The van der Waals surface area contributed by atoms with E-state index in [-0.39, 0.29) is 0 Å². The predicted octanol–water partition coefficient (Wildman–Crippen LogP) is 2.06. The van der Waals surface area contributed by atoms with Crippen molar-refractivity contribution in [2.24, 2.45) is 0 Å². The Morgan fingerprint density at radius 3 is 2.67 bits per heavy atom. The van der Waals surface area contributed by atoms with Crippen molar-refractivity contribution in [3.8, 4) is 5.75 Å². The molecule has 0 amide bonds. The minimum atomic E-state index is 0.296. The predicted molar refractivity (Wildman–Crippen MR) is 74.3 cm³/mol. The first kappa shape index (κ1) is 13.1. The lowest BCUT2D eigenvalue weighted by molar-refractivity contribution is 0.192. The van der Waals surface area contributed by atoms with Crippen LogP contribution in [0.2, 0.25) is 0 Å². The van der Waals surface area contributed by atoms with Crippen LogP contribution in [0.25, 0.3) is 0 Å². The molecule has 4 heteroatoms. The van der Waals surface area contributed by atoms with E-state index in [1.807, 2.05) is 12.4 Å². The summed E-state index contributed by atoms with van der Waals surface area (Å²) in [6, 6.07) is 2.11. The Labute approximate surface area is 109 Å². The average molecular weight is 249 g/mol. The van der Waals surface area contributed by atoms with Crippen molar-refractivity contribution in [2.75, 3.05) is 31.1 Å². The molecular weight excluding hydrogens is 226 g/mol. The summed E-state index contributed by atoms with van der Waals surface area (Å²) in [6.07, 6.45) is 6.10. The van der Waals surface area contributed by atoms with Crippen molar-refractivity contribution in [3.63, 3.8) is 0 Å². The maximum atomic E-state index is 5.94. The van der Waals surface area contributed by atoms with Gasteiger partial charge in [0.1, 0.15) is 5.75 Å². The van der Waals surface area contributed by atoms with Crippen molar-refractivity contribution < 1.29 is 4.74 Å². The Morgan fingerprint density at radius 1 is 1.28 bits per heavy atom. The number of nitrogens with one attached hydrogen (secondary N) is 1. The molecule has 1 fully saturated rings. The van der Waals surface area contributed by atoms with E-state index in [9.17, 15) is 0 Å². The molecule has 100 valence electrons. The molecule has 0 unspecified atom stereocenters. The molecule has 0 aliphatic carbocycles. The smallest absolute Gasteiger partial charge is 0.140 e. The van der Waals surface area contributed by atoms with Crippen LogP contribution in [0.5, 0.6) is 5.75 Å². The number of aromatic nitrogens is 1. The summed E-state index contributed by atoms with van der Waals surface area (Å²) in [4.78, 5) is 6.64. The first-order valence-corrected chi connectivity index (χ1v) is 6.90. The zero-order chi connectivity index (χ0) is 12.8. The van der Waals surface area contributed by atoms with Crippen LogP contribution in [0.4, 0.5) is 5.69 Å². The standard InChI is InChI=1S/C14H23N3O/c1-3-13(4-2)18-14-9-12(10-16-11-14)17-7-5-15-6-8-17/h9-11,13,15H,3-8H2,1-2H3. The number of hydrogen-bond acceptors (Lipinski definition) is 4. The van der Waals surface area contributed by atoms with Gasteiger partial charge in [0.05, 0.1) is 24.2 Å². The van der Waals surface area contributed by atoms with Crippen LogP contribution in [0.1, 0.15) is 26.7 Å². The summed E-state index contributed by atoms with van der Waals surface area (Å²) in [5.74, 6) is 0.889. The van der Waals surface area contributed by atoms with Crippen molar-refractivity contribution >= 4 is 5.69 Å². The van der Waals surface area contributed by atoms with Gasteiger partial charge in [0.15, 0.2) is 0 Å². The minimum absolute atomic E-state index is 0.296. The van der Waals surface area contributed by atoms with E-state index in [4.69, 9.17) is 4.74 Å². The third-order valence-electron chi connectivity index (χ3n) is 3.39. The second-order valence-electron chi connectivity index (χ2n) is 4.67. The number of pyridine rings is 1. The molecule has 4 nitrogen and oxygen atoms in total. The summed E-state index contributed by atoms with van der Waals surface area (Å²) < 4.78 is 5.94. The van der Waals surface area contributed by atoms with Gasteiger partial charge in [-0.2, -0.15) is 0 Å². The second kappa shape index (κ2) is 6.59. The van der Waals surface area contributed by atoms with E-state index < -0.39 is 0 Å². The molecule has 2 heterocycles. The molecule has 1 saturated heterocycles. The van der Waals surface area contributed by atoms with Gasteiger partial charge in [-0.3, -0.25) is 4.98 Å². The highest BCUT2D eigenvalue weighted by Crippen LogP contribution is 2.21. The molecule has 1 aliphatic heterocycles. The molecule has 0 radical (unpaired) electrons. The van der Waals surface area contributed by atoms with Gasteiger partial charge in [0.2, 0.25) is 0 Å². The highest BCUT2D eigenvalue weighted by molar-refractivity contribution is 5.48. The molecule has 2 rings (SSSR count). The Bertz CT molecular complexity index is 360. The topological polar surface area (TPSA) is 37.4 Å². The summed E-state index contributed by atoms with van der Waals surface area (Å²) in [6.45, 7) is 8.46. The summed E-state index contributed by atoms with van der Waals surface area (Å²) in [5.41, 5.74) is 1.17. The molecule has 1 aromatic rings. The zero-order valence-electron chi connectivity index (χ0n) is 11.4. The van der Waals surface area contributed by atoms with Crippen LogP contribution < -0.4 is 15.0 Å². The van der Waals surface area contributed by atoms with E-state index in [2.05, 4.69) is 35.1 Å². The Morgan fingerprint density at radius 2 is 2.00 bits per heavy atom. The lowest BCUT2D eigenvalue weighted by Gasteiger charge is -2.29. The molecule has 0 spiro atoms. The monoisotopic (exact) mass is 249 g/mol. The van der Waals surface area contributed by atoms with Crippen LogP contribution in [-0.2, 0) is 0 Å². The molecule has 1 N–H and O–H groups in total. The van der Waals surface area contributed by atoms with E-state index in [0.29, 0.717) is 6.10 Å². The van der Waals surface area contributed by atoms with Crippen LogP contribution in [0.3, 0.4) is 0 Å². The highest BCUT2D eigenvalue weighted by atomic mass is 16.5. The average Bonchev–Trinajstić information content (AvgIpc) is 2.46. The molecule has 0 aromatic carbocycles. The van der Waals surface area contributed by atoms with Crippen LogP contribution >= 0.6 is 0 Å². The highest BCUT2D eigenvalue weighted by Gasteiger charge is 2.12. The quantitative estimate of drug-likeness (QED) is 0.866. The third kappa shape index (κ3) is 3.35. The van der Waals surface area contributed by atoms with Crippen molar-refractivity contribution in [2.45, 2.75) is 32.8 Å². The number of anilines is 1. The Hall–Kier alpha value is -1.29. The lowest BCUT2D eigenvalue weighted by atomic mass is 10.2. The Balaban J connectivity index is 2.04. The van der Waals surface area contributed by atoms with Crippen molar-refractivity contribution in [3.05, 3.63) is 18.5 Å². The van der Waals surface area contributed by atoms with Crippen LogP contribution in [0, 0.1) is 0 Å². The zero-order valence-corrected chi connectivity index (χ0v) is 11.4. The summed E-state index contributed by atoms with van der Waals surface area (Å²) >= 11 is 0. The molecular formula is C14H23N3O. The molecule has 0 atom stereocenters. The molecule has 0 saturated carbocycles. The number of hydrogen-bond donors (Lipinski definition) is 1. The third-order valence-corrected chi connectivity index (χ3v) is 3.39. The van der Waals surface area contributed by atoms with Gasteiger partial charge in [-0.1, -0.05) is 13.8 Å². The summed E-state index contributed by atoms with van der Waals surface area (Å²) in [5, 5.41) is 3.36. The number of rotatable bonds is 5. The van der Waals surface area contributed by atoms with Gasteiger partial charge in [0, 0.05) is 32.2 Å². The van der Waals surface area contributed by atoms with Crippen molar-refractivity contribution in [1.29, 1.82) is 0 Å². The number of piperazine rings is 1. The fourth-order valence-corrected chi connectivity index (χ4v) is 2.22. The normalized spacial score (nSPS) is 16.1. The largest absolute Gasteiger partial charge is 0.489 e. The minimum Gasteiger partial charge on any atom is -0.489 e. The van der Waals surface area contributed by atoms with E-state index in [0.717, 1.165) is 44.8 Å². The molecule has 0 bridgehead atoms. The SMILES string of the molecule is CCC(CC)Oc1cncc(N2CCNCC2)c1. The summed E-state index contributed by atoms with van der Waals surface area (Å²) in [7, 11) is 0. The van der Waals surface area contributed by atoms with Gasteiger partial charge in [-0.15, -0.1) is 0 Å². The fourth-order valence-electron chi connectivity index (χ4n) is 2.22. The van der Waals surface area contributed by atoms with Gasteiger partial charge < -0.3 is 15.0 Å². The first-order valence-electron chi connectivity index (χ1n) is 6.90. The maximum absolute atomic E-state index is 5.94. The van der Waals surface area contributed by atoms with Gasteiger partial charge >= 0.3 is 0 Å². The van der Waals surface area contributed by atoms with Gasteiger partial charge in [-0.05, 0) is 12.8 Å². The molecule has 1 aliphatic rings. The maximum Gasteiger partial charge on any atom is 0.140 e.